The molecule has 0 spiro atoms. The molecule has 208 valence electrons. The summed E-state index contributed by atoms with van der Waals surface area (Å²) in [6, 6.07) is 15.3. The van der Waals surface area contributed by atoms with Gasteiger partial charge in [-0.1, -0.05) is 117 Å². The summed E-state index contributed by atoms with van der Waals surface area (Å²) in [6.45, 7) is 13.5. The first-order chi connectivity index (χ1) is 17.5. The molecule has 0 aliphatic carbocycles. The van der Waals surface area contributed by atoms with E-state index in [2.05, 4.69) is 41.5 Å². The summed E-state index contributed by atoms with van der Waals surface area (Å²) in [6.07, 6.45) is 12.2. The second kappa shape index (κ2) is 15.5. The highest BCUT2D eigenvalue weighted by Gasteiger charge is 2.32. The van der Waals surface area contributed by atoms with E-state index in [1.807, 2.05) is 48.5 Å². The maximum atomic E-state index is 13.3. The molecule has 4 nitrogen and oxygen atoms in total. The molecule has 2 aromatic rings. The number of phosphoric acid groups is 1. The number of unbranched alkanes of at least 4 members (excludes halogenated alkanes) is 6. The molecule has 0 N–H and O–H groups in total. The molecule has 0 radical (unpaired) electrons. The number of hydrogen-bond acceptors (Lipinski definition) is 5. The van der Waals surface area contributed by atoms with Gasteiger partial charge < -0.3 is 9.05 Å². The van der Waals surface area contributed by atoms with E-state index in [1.165, 1.54) is 62.5 Å². The Morgan fingerprint density at radius 1 is 0.676 bits per heavy atom. The van der Waals surface area contributed by atoms with Gasteiger partial charge in [-0.25, -0.2) is 4.57 Å². The van der Waals surface area contributed by atoms with E-state index < -0.39 is 7.82 Å². The monoisotopic (exact) mass is 568 g/mol. The molecule has 0 unspecified atom stereocenters. The van der Waals surface area contributed by atoms with Crippen molar-refractivity contribution in [2.24, 2.45) is 0 Å². The Morgan fingerprint density at radius 3 is 1.38 bits per heavy atom. The molecule has 2 rings (SSSR count). The van der Waals surface area contributed by atoms with Crippen molar-refractivity contribution in [1.29, 1.82) is 0 Å². The predicted octanol–water partition coefficient (Wildman–Crippen LogP) is 11.6. The van der Waals surface area contributed by atoms with Crippen LogP contribution in [0.3, 0.4) is 0 Å². The zero-order valence-corrected chi connectivity index (χ0v) is 26.0. The zero-order valence-electron chi connectivity index (χ0n) is 23.6. The van der Waals surface area contributed by atoms with Crippen molar-refractivity contribution in [2.45, 2.75) is 117 Å². The molecule has 7 heteroatoms. The maximum absolute atomic E-state index is 13.3. The van der Waals surface area contributed by atoms with E-state index in [9.17, 15) is 4.57 Å². The van der Waals surface area contributed by atoms with Crippen LogP contribution in [-0.2, 0) is 19.4 Å². The minimum atomic E-state index is -3.99. The molecule has 0 saturated carbocycles. The van der Waals surface area contributed by atoms with E-state index in [4.69, 9.17) is 23.7 Å². The normalized spacial score (nSPS) is 12.5. The average molecular weight is 569 g/mol. The van der Waals surface area contributed by atoms with Crippen LogP contribution in [0.4, 0.5) is 0 Å². The summed E-state index contributed by atoms with van der Waals surface area (Å²) in [7, 11) is 1.70. The molecule has 0 atom stereocenters. The van der Waals surface area contributed by atoms with Crippen LogP contribution in [0.1, 0.15) is 117 Å². The first kappa shape index (κ1) is 32.1. The van der Waals surface area contributed by atoms with Crippen LogP contribution in [0.5, 0.6) is 11.5 Å². The van der Waals surface area contributed by atoms with E-state index in [0.29, 0.717) is 22.8 Å². The first-order valence-corrected chi connectivity index (χ1v) is 16.8. The van der Waals surface area contributed by atoms with Crippen molar-refractivity contribution in [3.63, 3.8) is 0 Å². The van der Waals surface area contributed by atoms with Crippen molar-refractivity contribution >= 4 is 29.8 Å². The fraction of sp³-hybridized carbons (Fsp3) is 0.600. The fourth-order valence-electron chi connectivity index (χ4n) is 4.55. The summed E-state index contributed by atoms with van der Waals surface area (Å²) in [5.41, 5.74) is 2.54. The first-order valence-electron chi connectivity index (χ1n) is 13.7. The minimum absolute atomic E-state index is 0.0560. The Morgan fingerprint density at radius 2 is 1.05 bits per heavy atom. The SMILES string of the molecule is CCCCCCC(C)(C)c1ccc(OP(=O)(OSCl)Oc2ccc(C(C)(C)CCCCCC)cc2)cc1. The van der Waals surface area contributed by atoms with Gasteiger partial charge in [0.05, 0.1) is 0 Å². The fourth-order valence-corrected chi connectivity index (χ4v) is 6.49. The van der Waals surface area contributed by atoms with E-state index >= 15 is 0 Å². The summed E-state index contributed by atoms with van der Waals surface area (Å²) < 4.78 is 29.9. The molecule has 0 saturated heterocycles. The highest BCUT2D eigenvalue weighted by molar-refractivity contribution is 8.19. The van der Waals surface area contributed by atoms with Gasteiger partial charge in [-0.3, -0.25) is 0 Å². The smallest absolute Gasteiger partial charge is 0.394 e. The summed E-state index contributed by atoms with van der Waals surface area (Å²) in [4.78, 5) is 0. The van der Waals surface area contributed by atoms with Crippen LogP contribution in [0.2, 0.25) is 0 Å². The number of halogens is 1. The Labute approximate surface area is 234 Å². The quantitative estimate of drug-likeness (QED) is 0.102. The van der Waals surface area contributed by atoms with Gasteiger partial charge in [-0.15, -0.1) is 0 Å². The van der Waals surface area contributed by atoms with Gasteiger partial charge in [-0.05, 0) is 69.7 Å². The Bertz CT molecular complexity index is 887. The third-order valence-corrected chi connectivity index (χ3v) is 9.47. The third kappa shape index (κ3) is 10.9. The van der Waals surface area contributed by atoms with Crippen molar-refractivity contribution in [1.82, 2.24) is 0 Å². The van der Waals surface area contributed by atoms with Crippen LogP contribution in [-0.4, -0.2) is 0 Å². The molecular formula is C30H46ClO4PS. The van der Waals surface area contributed by atoms with Crippen LogP contribution in [0.15, 0.2) is 48.5 Å². The molecule has 0 bridgehead atoms. The number of benzene rings is 2. The highest BCUT2D eigenvalue weighted by atomic mass is 35.7. The Kier molecular flexibility index (Phi) is 13.4. The second-order valence-electron chi connectivity index (χ2n) is 11.2. The Hall–Kier alpha value is -1.13. The van der Waals surface area contributed by atoms with Gasteiger partial charge in [0.15, 0.2) is 0 Å². The number of hydrogen-bond donors (Lipinski definition) is 0. The van der Waals surface area contributed by atoms with Crippen molar-refractivity contribution in [3.8, 4) is 11.5 Å². The molecule has 2 aromatic carbocycles. The van der Waals surface area contributed by atoms with Gasteiger partial charge >= 0.3 is 7.82 Å². The standard InChI is InChI=1S/C30H46ClO4PS/c1-7-9-11-13-23-29(3,4)25-15-19-27(20-16-25)33-36(32,35-37-31)34-28-21-17-26(18-22-28)30(5,6)24-14-12-10-8-2/h15-22H,7-14,23-24H2,1-6H3. The lowest BCUT2D eigenvalue weighted by Gasteiger charge is -2.26. The molecule has 0 aliphatic heterocycles. The summed E-state index contributed by atoms with van der Waals surface area (Å²) in [5.74, 6) is 0.814. The molecule has 0 amide bonds. The van der Waals surface area contributed by atoms with Gasteiger partial charge in [0.1, 0.15) is 22.8 Å². The average Bonchev–Trinajstić information content (AvgIpc) is 2.85. The minimum Gasteiger partial charge on any atom is -0.394 e. The van der Waals surface area contributed by atoms with Crippen LogP contribution in [0, 0.1) is 0 Å². The van der Waals surface area contributed by atoms with Gasteiger partial charge in [0.25, 0.3) is 0 Å². The lowest BCUT2D eigenvalue weighted by atomic mass is 9.80. The van der Waals surface area contributed by atoms with Crippen LogP contribution < -0.4 is 9.05 Å². The predicted molar refractivity (Wildman–Crippen MR) is 160 cm³/mol. The zero-order chi connectivity index (χ0) is 27.4. The lowest BCUT2D eigenvalue weighted by molar-refractivity contribution is 0.315. The maximum Gasteiger partial charge on any atom is 0.600 e. The Balaban J connectivity index is 2.04. The van der Waals surface area contributed by atoms with Gasteiger partial charge in [-0.2, -0.15) is 3.97 Å². The third-order valence-electron chi connectivity index (χ3n) is 7.14. The molecule has 0 aliphatic rings. The number of phosphoric ester groups is 1. The highest BCUT2D eigenvalue weighted by Crippen LogP contribution is 2.53. The molecule has 0 fully saturated rings. The lowest BCUT2D eigenvalue weighted by Crippen LogP contribution is -2.17. The molecular weight excluding hydrogens is 523 g/mol. The van der Waals surface area contributed by atoms with Crippen LogP contribution >= 0.6 is 29.8 Å². The van der Waals surface area contributed by atoms with E-state index in [1.54, 1.807) is 0 Å². The largest absolute Gasteiger partial charge is 0.600 e. The number of rotatable bonds is 18. The van der Waals surface area contributed by atoms with Gasteiger partial charge in [0, 0.05) is 0 Å². The molecule has 0 heterocycles. The van der Waals surface area contributed by atoms with Crippen molar-refractivity contribution < 1.29 is 17.6 Å². The van der Waals surface area contributed by atoms with Gasteiger partial charge in [0.2, 0.25) is 0 Å². The van der Waals surface area contributed by atoms with Crippen molar-refractivity contribution in [2.75, 3.05) is 0 Å². The topological polar surface area (TPSA) is 44.8 Å². The van der Waals surface area contributed by atoms with E-state index in [-0.39, 0.29) is 10.8 Å². The molecule has 37 heavy (non-hydrogen) atoms. The summed E-state index contributed by atoms with van der Waals surface area (Å²) >= 11 is 0.447. The second-order valence-corrected chi connectivity index (χ2v) is 13.6. The van der Waals surface area contributed by atoms with E-state index in [0.717, 1.165) is 12.8 Å². The molecule has 0 aromatic heterocycles. The van der Waals surface area contributed by atoms with Crippen molar-refractivity contribution in [3.05, 3.63) is 59.7 Å². The van der Waals surface area contributed by atoms with Crippen LogP contribution in [0.25, 0.3) is 0 Å². The summed E-state index contributed by atoms with van der Waals surface area (Å²) in [5, 5.41) is 0.